The highest BCUT2D eigenvalue weighted by molar-refractivity contribution is 4.87. The van der Waals surface area contributed by atoms with Gasteiger partial charge in [0.2, 0.25) is 0 Å². The molecule has 0 spiro atoms. The number of hydrogen-bond acceptors (Lipinski definition) is 3. The van der Waals surface area contributed by atoms with Crippen molar-refractivity contribution in [3.63, 3.8) is 0 Å². The smallest absolute Gasteiger partial charge is 0.138 e. The third-order valence-electron chi connectivity index (χ3n) is 2.54. The second-order valence-corrected chi connectivity index (χ2v) is 5.27. The van der Waals surface area contributed by atoms with Gasteiger partial charge in [-0.15, -0.1) is 0 Å². The van der Waals surface area contributed by atoms with E-state index < -0.39 is 0 Å². The predicted molar refractivity (Wildman–Crippen MR) is 66.0 cm³/mol. The second kappa shape index (κ2) is 5.99. The fourth-order valence-electron chi connectivity index (χ4n) is 1.97. The largest absolute Gasteiger partial charge is 0.328 e. The minimum absolute atomic E-state index is 0.261. The molecule has 1 heterocycles. The van der Waals surface area contributed by atoms with Gasteiger partial charge in [0.25, 0.3) is 0 Å². The maximum Gasteiger partial charge on any atom is 0.138 e. The normalized spacial score (nSPS) is 15.4. The first-order chi connectivity index (χ1) is 7.49. The third kappa shape index (κ3) is 4.31. The van der Waals surface area contributed by atoms with Crippen LogP contribution in [0.1, 0.15) is 39.9 Å². The molecule has 0 aromatic carbocycles. The first-order valence-electron chi connectivity index (χ1n) is 6.11. The highest BCUT2D eigenvalue weighted by Gasteiger charge is 2.12. The van der Waals surface area contributed by atoms with Crippen LogP contribution in [0.4, 0.5) is 0 Å². The van der Waals surface area contributed by atoms with E-state index in [1.165, 1.54) is 0 Å². The Kier molecular flexibility index (Phi) is 4.93. The van der Waals surface area contributed by atoms with Crippen molar-refractivity contribution in [1.29, 1.82) is 0 Å². The van der Waals surface area contributed by atoms with Crippen LogP contribution in [0.3, 0.4) is 0 Å². The molecule has 2 unspecified atom stereocenters. The molecule has 0 fully saturated rings. The zero-order valence-electron chi connectivity index (χ0n) is 10.8. The van der Waals surface area contributed by atoms with Crippen LogP contribution in [0, 0.1) is 11.8 Å². The van der Waals surface area contributed by atoms with Gasteiger partial charge in [0.05, 0.1) is 0 Å². The SMILES string of the molecule is CC(C)Cn1ncnc1CC(C)CC(C)N. The molecule has 1 aromatic rings. The molecule has 1 rings (SSSR count). The Bertz CT molecular complexity index is 304. The van der Waals surface area contributed by atoms with Gasteiger partial charge in [0.15, 0.2) is 0 Å². The van der Waals surface area contributed by atoms with Crippen LogP contribution >= 0.6 is 0 Å². The number of aromatic nitrogens is 3. The summed E-state index contributed by atoms with van der Waals surface area (Å²) in [5.41, 5.74) is 5.80. The monoisotopic (exact) mass is 224 g/mol. The van der Waals surface area contributed by atoms with E-state index in [1.54, 1.807) is 6.33 Å². The van der Waals surface area contributed by atoms with Crippen LogP contribution < -0.4 is 5.73 Å². The van der Waals surface area contributed by atoms with Crippen molar-refractivity contribution in [3.05, 3.63) is 12.2 Å². The lowest BCUT2D eigenvalue weighted by molar-refractivity contribution is 0.426. The van der Waals surface area contributed by atoms with E-state index in [4.69, 9.17) is 5.73 Å². The molecule has 0 aliphatic carbocycles. The Hall–Kier alpha value is -0.900. The van der Waals surface area contributed by atoms with Crippen molar-refractivity contribution in [1.82, 2.24) is 14.8 Å². The molecular formula is C12H24N4. The lowest BCUT2D eigenvalue weighted by Gasteiger charge is -2.14. The average molecular weight is 224 g/mol. The molecule has 0 aliphatic rings. The van der Waals surface area contributed by atoms with Gasteiger partial charge in [-0.25, -0.2) is 9.67 Å². The summed E-state index contributed by atoms with van der Waals surface area (Å²) in [6, 6.07) is 0.261. The highest BCUT2D eigenvalue weighted by Crippen LogP contribution is 2.12. The Morgan fingerprint density at radius 3 is 2.56 bits per heavy atom. The zero-order valence-corrected chi connectivity index (χ0v) is 10.8. The summed E-state index contributed by atoms with van der Waals surface area (Å²) >= 11 is 0. The van der Waals surface area contributed by atoms with E-state index in [1.807, 2.05) is 4.68 Å². The molecule has 0 aliphatic heterocycles. The molecule has 92 valence electrons. The summed E-state index contributed by atoms with van der Waals surface area (Å²) in [5, 5.41) is 4.26. The fraction of sp³-hybridized carbons (Fsp3) is 0.833. The first-order valence-corrected chi connectivity index (χ1v) is 6.11. The minimum Gasteiger partial charge on any atom is -0.328 e. The van der Waals surface area contributed by atoms with Gasteiger partial charge in [0, 0.05) is 19.0 Å². The Labute approximate surface area is 98.2 Å². The molecule has 0 amide bonds. The minimum atomic E-state index is 0.261. The van der Waals surface area contributed by atoms with Gasteiger partial charge in [-0.1, -0.05) is 20.8 Å². The second-order valence-electron chi connectivity index (χ2n) is 5.27. The van der Waals surface area contributed by atoms with Crippen LogP contribution in [0.5, 0.6) is 0 Å². The molecule has 1 aromatic heterocycles. The number of nitrogens with two attached hydrogens (primary N) is 1. The third-order valence-corrected chi connectivity index (χ3v) is 2.54. The Balaban J connectivity index is 2.56. The lowest BCUT2D eigenvalue weighted by atomic mass is 9.99. The molecule has 16 heavy (non-hydrogen) atoms. The molecule has 4 heteroatoms. The predicted octanol–water partition coefficient (Wildman–Crippen LogP) is 1.85. The van der Waals surface area contributed by atoms with Crippen LogP contribution in [0.2, 0.25) is 0 Å². The zero-order chi connectivity index (χ0) is 12.1. The molecule has 2 N–H and O–H groups in total. The standard InChI is InChI=1S/C12H24N4/c1-9(2)7-16-12(14-8-15-16)6-10(3)5-11(4)13/h8-11H,5-7,13H2,1-4H3. The molecule has 0 radical (unpaired) electrons. The quantitative estimate of drug-likeness (QED) is 0.802. The van der Waals surface area contributed by atoms with Gasteiger partial charge < -0.3 is 5.73 Å². The van der Waals surface area contributed by atoms with E-state index >= 15 is 0 Å². The van der Waals surface area contributed by atoms with Crippen LogP contribution in [0.15, 0.2) is 6.33 Å². The summed E-state index contributed by atoms with van der Waals surface area (Å²) in [6.07, 6.45) is 3.65. The summed E-state index contributed by atoms with van der Waals surface area (Å²) in [4.78, 5) is 4.33. The van der Waals surface area contributed by atoms with Gasteiger partial charge in [-0.05, 0) is 25.2 Å². The van der Waals surface area contributed by atoms with E-state index in [-0.39, 0.29) is 6.04 Å². The topological polar surface area (TPSA) is 56.7 Å². The van der Waals surface area contributed by atoms with Crippen LogP contribution in [0.25, 0.3) is 0 Å². The highest BCUT2D eigenvalue weighted by atomic mass is 15.3. The first kappa shape index (κ1) is 13.2. The average Bonchev–Trinajstić information content (AvgIpc) is 2.50. The van der Waals surface area contributed by atoms with E-state index in [0.717, 1.165) is 25.2 Å². The van der Waals surface area contributed by atoms with Crippen molar-refractivity contribution in [2.24, 2.45) is 17.6 Å². The van der Waals surface area contributed by atoms with E-state index in [2.05, 4.69) is 37.8 Å². The van der Waals surface area contributed by atoms with Crippen molar-refractivity contribution in [3.8, 4) is 0 Å². The molecule has 0 bridgehead atoms. The molecule has 0 saturated carbocycles. The van der Waals surface area contributed by atoms with Crippen LogP contribution in [-0.2, 0) is 13.0 Å². The number of nitrogens with zero attached hydrogens (tertiary/aromatic N) is 3. The Morgan fingerprint density at radius 1 is 1.31 bits per heavy atom. The molecular weight excluding hydrogens is 200 g/mol. The molecule has 2 atom stereocenters. The lowest BCUT2D eigenvalue weighted by Crippen LogP contribution is -2.20. The van der Waals surface area contributed by atoms with Gasteiger partial charge >= 0.3 is 0 Å². The van der Waals surface area contributed by atoms with Gasteiger partial charge in [-0.2, -0.15) is 5.10 Å². The Morgan fingerprint density at radius 2 is 2.00 bits per heavy atom. The fourth-order valence-corrected chi connectivity index (χ4v) is 1.97. The maximum absolute atomic E-state index is 5.80. The van der Waals surface area contributed by atoms with Gasteiger partial charge in [-0.3, -0.25) is 0 Å². The number of rotatable bonds is 6. The molecule has 0 saturated heterocycles. The molecule has 4 nitrogen and oxygen atoms in total. The van der Waals surface area contributed by atoms with Crippen molar-refractivity contribution in [2.75, 3.05) is 0 Å². The van der Waals surface area contributed by atoms with Crippen molar-refractivity contribution >= 4 is 0 Å². The summed E-state index contributed by atoms with van der Waals surface area (Å²) in [5.74, 6) is 2.25. The summed E-state index contributed by atoms with van der Waals surface area (Å²) < 4.78 is 2.02. The van der Waals surface area contributed by atoms with Crippen molar-refractivity contribution in [2.45, 2.75) is 53.1 Å². The van der Waals surface area contributed by atoms with E-state index in [9.17, 15) is 0 Å². The van der Waals surface area contributed by atoms with Crippen LogP contribution in [-0.4, -0.2) is 20.8 Å². The van der Waals surface area contributed by atoms with Crippen molar-refractivity contribution < 1.29 is 0 Å². The summed E-state index contributed by atoms with van der Waals surface area (Å²) in [7, 11) is 0. The number of hydrogen-bond donors (Lipinski definition) is 1. The summed E-state index contributed by atoms with van der Waals surface area (Å²) in [6.45, 7) is 9.60. The maximum atomic E-state index is 5.80. The van der Waals surface area contributed by atoms with E-state index in [0.29, 0.717) is 11.8 Å². The van der Waals surface area contributed by atoms with Gasteiger partial charge in [0.1, 0.15) is 12.2 Å².